The Hall–Kier alpha value is -2.32. The van der Waals surface area contributed by atoms with Crippen molar-refractivity contribution in [2.75, 3.05) is 17.2 Å². The maximum absolute atomic E-state index is 12.8. The molecule has 6 nitrogen and oxygen atoms in total. The molecule has 0 aliphatic carbocycles. The minimum Gasteiger partial charge on any atom is -0.396 e. The van der Waals surface area contributed by atoms with Gasteiger partial charge >= 0.3 is 6.18 Å². The molecule has 0 fully saturated rings. The maximum Gasteiger partial charge on any atom is 0.451 e. The molecule has 0 aromatic carbocycles. The topological polar surface area (TPSA) is 72.9 Å². The first-order valence-corrected chi connectivity index (χ1v) is 6.33. The molecule has 2 aromatic rings. The first-order valence-electron chi connectivity index (χ1n) is 6.33. The van der Waals surface area contributed by atoms with Crippen LogP contribution < -0.4 is 10.6 Å². The molecule has 0 spiro atoms. The molecule has 1 aliphatic heterocycles. The first-order chi connectivity index (χ1) is 9.88. The maximum atomic E-state index is 12.8. The van der Waals surface area contributed by atoms with E-state index in [0.717, 1.165) is 10.1 Å². The van der Waals surface area contributed by atoms with Crippen LogP contribution in [0.4, 0.5) is 24.7 Å². The molecule has 9 heteroatoms. The number of aryl methyl sites for hydroxylation is 1. The van der Waals surface area contributed by atoms with E-state index < -0.39 is 12.0 Å². The summed E-state index contributed by atoms with van der Waals surface area (Å²) in [7, 11) is 0. The molecule has 2 N–H and O–H groups in total. The Bertz CT molecular complexity index is 678. The summed E-state index contributed by atoms with van der Waals surface area (Å²) >= 11 is 0. The van der Waals surface area contributed by atoms with Crippen molar-refractivity contribution >= 4 is 11.5 Å². The molecule has 0 unspecified atom stereocenters. The minimum atomic E-state index is -4.49. The Balaban J connectivity index is 1.92. The van der Waals surface area contributed by atoms with Gasteiger partial charge in [-0.1, -0.05) is 0 Å². The van der Waals surface area contributed by atoms with Gasteiger partial charge in [0, 0.05) is 19.3 Å². The van der Waals surface area contributed by atoms with Gasteiger partial charge in [-0.2, -0.15) is 13.2 Å². The predicted molar refractivity (Wildman–Crippen MR) is 69.5 cm³/mol. The van der Waals surface area contributed by atoms with E-state index in [4.69, 9.17) is 5.73 Å². The quantitative estimate of drug-likeness (QED) is 0.865. The number of anilines is 2. The molecule has 21 heavy (non-hydrogen) atoms. The lowest BCUT2D eigenvalue weighted by molar-refractivity contribution is -0.147. The Morgan fingerprint density at radius 2 is 2.00 bits per heavy atom. The molecule has 0 bridgehead atoms. The SMILES string of the molecule is Cc1ccnc(N2CCn3c(nnc3C(F)(F)F)C2)c1N. The number of nitrogens with zero attached hydrogens (tertiary/aromatic N) is 5. The van der Waals surface area contributed by atoms with Crippen LogP contribution >= 0.6 is 0 Å². The number of nitrogens with two attached hydrogens (primary N) is 1. The van der Waals surface area contributed by atoms with E-state index in [1.165, 1.54) is 0 Å². The van der Waals surface area contributed by atoms with Crippen molar-refractivity contribution in [2.24, 2.45) is 0 Å². The van der Waals surface area contributed by atoms with E-state index >= 15 is 0 Å². The van der Waals surface area contributed by atoms with Crippen molar-refractivity contribution in [2.45, 2.75) is 26.2 Å². The summed E-state index contributed by atoms with van der Waals surface area (Å²) in [6.07, 6.45) is -2.87. The summed E-state index contributed by atoms with van der Waals surface area (Å²) in [5, 5.41) is 6.88. The molecule has 2 aromatic heterocycles. The molecule has 3 rings (SSSR count). The molecule has 0 amide bonds. The minimum absolute atomic E-state index is 0.145. The van der Waals surface area contributed by atoms with Crippen LogP contribution in [-0.4, -0.2) is 26.3 Å². The van der Waals surface area contributed by atoms with Crippen molar-refractivity contribution in [3.63, 3.8) is 0 Å². The number of nitrogen functional groups attached to an aromatic ring is 1. The second-order valence-corrected chi connectivity index (χ2v) is 4.88. The van der Waals surface area contributed by atoms with Gasteiger partial charge in [0.05, 0.1) is 12.2 Å². The van der Waals surface area contributed by atoms with Crippen LogP contribution in [-0.2, 0) is 19.3 Å². The van der Waals surface area contributed by atoms with Gasteiger partial charge in [0.2, 0.25) is 5.82 Å². The number of aromatic nitrogens is 4. The highest BCUT2D eigenvalue weighted by Gasteiger charge is 2.39. The fourth-order valence-electron chi connectivity index (χ4n) is 2.36. The highest BCUT2D eigenvalue weighted by molar-refractivity contribution is 5.66. The van der Waals surface area contributed by atoms with Crippen molar-refractivity contribution in [1.29, 1.82) is 0 Å². The van der Waals surface area contributed by atoms with Crippen LogP contribution in [0.3, 0.4) is 0 Å². The Morgan fingerprint density at radius 1 is 1.24 bits per heavy atom. The van der Waals surface area contributed by atoms with Gasteiger partial charge in [-0.3, -0.25) is 0 Å². The van der Waals surface area contributed by atoms with Crippen LogP contribution in [0.2, 0.25) is 0 Å². The van der Waals surface area contributed by atoms with Crippen LogP contribution in [0.1, 0.15) is 17.2 Å². The fourth-order valence-corrected chi connectivity index (χ4v) is 2.36. The number of halogens is 3. The summed E-state index contributed by atoms with van der Waals surface area (Å²) in [6.45, 7) is 2.57. The lowest BCUT2D eigenvalue weighted by Gasteiger charge is -2.29. The highest BCUT2D eigenvalue weighted by Crippen LogP contribution is 2.31. The average Bonchev–Trinajstić information content (AvgIpc) is 2.84. The van der Waals surface area contributed by atoms with E-state index in [9.17, 15) is 13.2 Å². The van der Waals surface area contributed by atoms with E-state index in [-0.39, 0.29) is 18.9 Å². The molecule has 0 saturated heterocycles. The zero-order chi connectivity index (χ0) is 15.2. The molecule has 1 aliphatic rings. The zero-order valence-electron chi connectivity index (χ0n) is 11.2. The van der Waals surface area contributed by atoms with Gasteiger partial charge in [0.1, 0.15) is 0 Å². The van der Waals surface area contributed by atoms with Gasteiger partial charge in [-0.15, -0.1) is 10.2 Å². The number of hydrogen-bond acceptors (Lipinski definition) is 5. The predicted octanol–water partition coefficient (Wildman–Crippen LogP) is 1.60. The number of alkyl halides is 3. The molecule has 0 radical (unpaired) electrons. The van der Waals surface area contributed by atoms with Gasteiger partial charge in [0.25, 0.3) is 0 Å². The largest absolute Gasteiger partial charge is 0.451 e. The van der Waals surface area contributed by atoms with Gasteiger partial charge in [-0.05, 0) is 18.6 Å². The summed E-state index contributed by atoms with van der Waals surface area (Å²) in [5.41, 5.74) is 7.39. The summed E-state index contributed by atoms with van der Waals surface area (Å²) < 4.78 is 39.4. The Kier molecular flexibility index (Phi) is 2.99. The number of pyridine rings is 1. The smallest absolute Gasteiger partial charge is 0.396 e. The Labute approximate surface area is 118 Å². The summed E-state index contributed by atoms with van der Waals surface area (Å²) in [6, 6.07) is 1.78. The van der Waals surface area contributed by atoms with E-state index in [1.54, 1.807) is 12.3 Å². The zero-order valence-corrected chi connectivity index (χ0v) is 11.2. The standard InChI is InChI=1S/C12H13F3N6/c1-7-2-3-17-10(9(7)16)20-4-5-21-8(6-20)18-19-11(21)12(13,14)15/h2-3H,4-6,16H2,1H3. The molecule has 112 valence electrons. The van der Waals surface area contributed by atoms with Crippen LogP contribution in [0.5, 0.6) is 0 Å². The third-order valence-corrected chi connectivity index (χ3v) is 3.49. The van der Waals surface area contributed by atoms with Gasteiger partial charge in [0.15, 0.2) is 11.6 Å². The molecular formula is C12H13F3N6. The third-order valence-electron chi connectivity index (χ3n) is 3.49. The van der Waals surface area contributed by atoms with Crippen molar-refractivity contribution in [3.8, 4) is 0 Å². The van der Waals surface area contributed by atoms with E-state index in [2.05, 4.69) is 15.2 Å². The monoisotopic (exact) mass is 298 g/mol. The lowest BCUT2D eigenvalue weighted by Crippen LogP contribution is -2.36. The second-order valence-electron chi connectivity index (χ2n) is 4.88. The summed E-state index contributed by atoms with van der Waals surface area (Å²) in [5.74, 6) is -0.128. The van der Waals surface area contributed by atoms with E-state index in [0.29, 0.717) is 18.1 Å². The fraction of sp³-hybridized carbons (Fsp3) is 0.417. The molecule has 3 heterocycles. The Morgan fingerprint density at radius 3 is 2.71 bits per heavy atom. The normalized spacial score (nSPS) is 15.1. The van der Waals surface area contributed by atoms with Crippen LogP contribution in [0.15, 0.2) is 12.3 Å². The van der Waals surface area contributed by atoms with Crippen molar-refractivity contribution in [3.05, 3.63) is 29.5 Å². The number of hydrogen-bond donors (Lipinski definition) is 1. The number of fused-ring (bicyclic) bond motifs is 1. The van der Waals surface area contributed by atoms with Crippen LogP contribution in [0.25, 0.3) is 0 Å². The molecule has 0 atom stereocenters. The van der Waals surface area contributed by atoms with Crippen molar-refractivity contribution < 1.29 is 13.2 Å². The summed E-state index contributed by atoms with van der Waals surface area (Å²) in [4.78, 5) is 6.02. The average molecular weight is 298 g/mol. The lowest BCUT2D eigenvalue weighted by atomic mass is 10.2. The first kappa shape index (κ1) is 13.7. The van der Waals surface area contributed by atoms with Gasteiger partial charge < -0.3 is 15.2 Å². The van der Waals surface area contributed by atoms with Crippen LogP contribution in [0, 0.1) is 6.92 Å². The second kappa shape index (κ2) is 4.61. The van der Waals surface area contributed by atoms with E-state index in [1.807, 2.05) is 11.8 Å². The van der Waals surface area contributed by atoms with Crippen molar-refractivity contribution in [1.82, 2.24) is 19.7 Å². The highest BCUT2D eigenvalue weighted by atomic mass is 19.4. The molecule has 0 saturated carbocycles. The van der Waals surface area contributed by atoms with Gasteiger partial charge in [-0.25, -0.2) is 4.98 Å². The molecular weight excluding hydrogens is 285 g/mol. The third kappa shape index (κ3) is 2.28. The number of rotatable bonds is 1.